The van der Waals surface area contributed by atoms with Crippen LogP contribution in [-0.4, -0.2) is 30.5 Å². The molecule has 0 saturated carbocycles. The molecule has 1 amide bonds. The first-order valence-electron chi connectivity index (χ1n) is 5.54. The van der Waals surface area contributed by atoms with E-state index in [2.05, 4.69) is 15.9 Å². The number of carbonyl (C=O) groups excluding carboxylic acids is 1. The first kappa shape index (κ1) is 13.8. The molecule has 2 N–H and O–H groups in total. The van der Waals surface area contributed by atoms with Crippen molar-refractivity contribution in [3.63, 3.8) is 0 Å². The van der Waals surface area contributed by atoms with Gasteiger partial charge < -0.3 is 15.4 Å². The van der Waals surface area contributed by atoms with E-state index in [4.69, 9.17) is 10.5 Å². The summed E-state index contributed by atoms with van der Waals surface area (Å²) in [5, 5.41) is 0. The minimum Gasteiger partial charge on any atom is -0.483 e. The molecule has 0 atom stereocenters. The number of rotatable bonds is 5. The second-order valence-corrected chi connectivity index (χ2v) is 4.31. The van der Waals surface area contributed by atoms with Crippen LogP contribution in [0.15, 0.2) is 22.7 Å². The maximum atomic E-state index is 11.7. The summed E-state index contributed by atoms with van der Waals surface area (Å²) in [5.74, 6) is 0.565. The van der Waals surface area contributed by atoms with E-state index in [0.717, 1.165) is 0 Å². The maximum Gasteiger partial charge on any atom is 0.260 e. The van der Waals surface area contributed by atoms with Gasteiger partial charge in [0.05, 0.1) is 4.47 Å². The fourth-order valence-electron chi connectivity index (χ4n) is 1.45. The highest BCUT2D eigenvalue weighted by Gasteiger charge is 2.11. The number of likely N-dealkylation sites (N-methyl/N-ethyl adjacent to an activating group) is 1. The van der Waals surface area contributed by atoms with Crippen molar-refractivity contribution in [1.82, 2.24) is 4.90 Å². The van der Waals surface area contributed by atoms with Crippen LogP contribution in [0.1, 0.15) is 13.8 Å². The predicted molar refractivity (Wildman–Crippen MR) is 72.0 cm³/mol. The molecule has 17 heavy (non-hydrogen) atoms. The van der Waals surface area contributed by atoms with Gasteiger partial charge in [-0.2, -0.15) is 0 Å². The predicted octanol–water partition coefficient (Wildman–Crippen LogP) is 2.28. The molecule has 0 radical (unpaired) electrons. The SMILES string of the molecule is CCN(CC)C(=O)COc1cccc(N)c1Br. The van der Waals surface area contributed by atoms with Crippen molar-refractivity contribution in [2.45, 2.75) is 13.8 Å². The topological polar surface area (TPSA) is 55.6 Å². The lowest BCUT2D eigenvalue weighted by Crippen LogP contribution is -2.34. The Labute approximate surface area is 110 Å². The summed E-state index contributed by atoms with van der Waals surface area (Å²) in [6, 6.07) is 5.33. The molecular weight excluding hydrogens is 284 g/mol. The number of carbonyl (C=O) groups is 1. The first-order chi connectivity index (χ1) is 8.10. The summed E-state index contributed by atoms with van der Waals surface area (Å²) in [4.78, 5) is 13.5. The van der Waals surface area contributed by atoms with Crippen LogP contribution in [0, 0.1) is 0 Å². The molecule has 0 spiro atoms. The van der Waals surface area contributed by atoms with Gasteiger partial charge in [-0.1, -0.05) is 6.07 Å². The largest absolute Gasteiger partial charge is 0.483 e. The van der Waals surface area contributed by atoms with Crippen LogP contribution in [-0.2, 0) is 4.79 Å². The van der Waals surface area contributed by atoms with E-state index in [9.17, 15) is 4.79 Å². The molecule has 0 aromatic heterocycles. The number of nitrogens with zero attached hydrogens (tertiary/aromatic N) is 1. The van der Waals surface area contributed by atoms with Crippen LogP contribution >= 0.6 is 15.9 Å². The quantitative estimate of drug-likeness (QED) is 0.849. The van der Waals surface area contributed by atoms with Gasteiger partial charge >= 0.3 is 0 Å². The normalized spacial score (nSPS) is 10.1. The van der Waals surface area contributed by atoms with Crippen molar-refractivity contribution >= 4 is 27.5 Å². The molecule has 0 heterocycles. The fourth-order valence-corrected chi connectivity index (χ4v) is 1.83. The Morgan fingerprint density at radius 1 is 1.41 bits per heavy atom. The van der Waals surface area contributed by atoms with Crippen LogP contribution in [0.25, 0.3) is 0 Å². The van der Waals surface area contributed by atoms with Crippen LogP contribution in [0.2, 0.25) is 0 Å². The van der Waals surface area contributed by atoms with Gasteiger partial charge in [-0.3, -0.25) is 4.79 Å². The number of nitrogen functional groups attached to an aromatic ring is 1. The lowest BCUT2D eigenvalue weighted by atomic mass is 10.3. The number of amides is 1. The van der Waals surface area contributed by atoms with Crippen LogP contribution in [0.3, 0.4) is 0 Å². The van der Waals surface area contributed by atoms with E-state index in [1.165, 1.54) is 0 Å². The highest BCUT2D eigenvalue weighted by Crippen LogP contribution is 2.30. The van der Waals surface area contributed by atoms with Gasteiger partial charge in [0.2, 0.25) is 0 Å². The number of anilines is 1. The van der Waals surface area contributed by atoms with Gasteiger partial charge in [-0.25, -0.2) is 0 Å². The molecule has 0 aliphatic heterocycles. The molecule has 0 bridgehead atoms. The van der Waals surface area contributed by atoms with Crippen molar-refractivity contribution in [3.8, 4) is 5.75 Å². The maximum absolute atomic E-state index is 11.7. The van der Waals surface area contributed by atoms with Gasteiger partial charge in [0, 0.05) is 18.8 Å². The third-order valence-corrected chi connectivity index (χ3v) is 3.31. The number of hydrogen-bond acceptors (Lipinski definition) is 3. The molecule has 94 valence electrons. The van der Waals surface area contributed by atoms with Crippen molar-refractivity contribution in [2.24, 2.45) is 0 Å². The summed E-state index contributed by atoms with van der Waals surface area (Å²) in [7, 11) is 0. The van der Waals surface area contributed by atoms with Gasteiger partial charge in [0.1, 0.15) is 5.75 Å². The fraction of sp³-hybridized carbons (Fsp3) is 0.417. The van der Waals surface area contributed by atoms with E-state index in [-0.39, 0.29) is 12.5 Å². The zero-order valence-corrected chi connectivity index (χ0v) is 11.7. The Hall–Kier alpha value is -1.23. The van der Waals surface area contributed by atoms with Crippen LogP contribution in [0.4, 0.5) is 5.69 Å². The molecule has 1 rings (SSSR count). The second kappa shape index (κ2) is 6.49. The van der Waals surface area contributed by atoms with Crippen LogP contribution in [0.5, 0.6) is 5.75 Å². The molecular formula is C12H17BrN2O2. The summed E-state index contributed by atoms with van der Waals surface area (Å²) in [6.07, 6.45) is 0. The van der Waals surface area contributed by atoms with E-state index >= 15 is 0 Å². The van der Waals surface area contributed by atoms with Gasteiger partial charge in [-0.15, -0.1) is 0 Å². The van der Waals surface area contributed by atoms with Gasteiger partial charge in [0.25, 0.3) is 5.91 Å². The Balaban J connectivity index is 2.61. The highest BCUT2D eigenvalue weighted by molar-refractivity contribution is 9.10. The smallest absolute Gasteiger partial charge is 0.260 e. The number of benzene rings is 1. The number of halogens is 1. The number of hydrogen-bond donors (Lipinski definition) is 1. The van der Waals surface area contributed by atoms with E-state index in [0.29, 0.717) is 29.0 Å². The first-order valence-corrected chi connectivity index (χ1v) is 6.34. The highest BCUT2D eigenvalue weighted by atomic mass is 79.9. The Bertz CT molecular complexity index is 392. The summed E-state index contributed by atoms with van der Waals surface area (Å²) in [6.45, 7) is 5.30. The minimum atomic E-state index is -0.0238. The summed E-state index contributed by atoms with van der Waals surface area (Å²) >= 11 is 3.33. The van der Waals surface area contributed by atoms with E-state index in [1.54, 1.807) is 23.1 Å². The third kappa shape index (κ3) is 3.63. The molecule has 0 saturated heterocycles. The molecule has 4 nitrogen and oxygen atoms in total. The van der Waals surface area contributed by atoms with Gasteiger partial charge in [0.15, 0.2) is 6.61 Å². The number of nitrogens with two attached hydrogens (primary N) is 1. The van der Waals surface area contributed by atoms with E-state index in [1.807, 2.05) is 13.8 Å². The molecule has 1 aromatic rings. The third-order valence-electron chi connectivity index (χ3n) is 2.46. The zero-order valence-electron chi connectivity index (χ0n) is 10.1. The number of ether oxygens (including phenoxy) is 1. The molecule has 0 fully saturated rings. The molecule has 0 aliphatic carbocycles. The standard InChI is InChI=1S/C12H17BrN2O2/c1-3-15(4-2)11(16)8-17-10-7-5-6-9(14)12(10)13/h5-7H,3-4,8,14H2,1-2H3. The van der Waals surface area contributed by atoms with Crippen molar-refractivity contribution in [1.29, 1.82) is 0 Å². The second-order valence-electron chi connectivity index (χ2n) is 3.51. The lowest BCUT2D eigenvalue weighted by Gasteiger charge is -2.19. The molecule has 1 aromatic carbocycles. The molecule has 5 heteroatoms. The minimum absolute atomic E-state index is 0.0238. The Kier molecular flexibility index (Phi) is 5.28. The monoisotopic (exact) mass is 300 g/mol. The molecule has 0 unspecified atom stereocenters. The Morgan fingerprint density at radius 3 is 2.65 bits per heavy atom. The Morgan fingerprint density at radius 2 is 2.06 bits per heavy atom. The van der Waals surface area contributed by atoms with Crippen LogP contribution < -0.4 is 10.5 Å². The summed E-state index contributed by atoms with van der Waals surface area (Å²) in [5.41, 5.74) is 6.31. The van der Waals surface area contributed by atoms with Gasteiger partial charge in [-0.05, 0) is 41.9 Å². The molecule has 0 aliphatic rings. The average molecular weight is 301 g/mol. The van der Waals surface area contributed by atoms with Crippen molar-refractivity contribution in [2.75, 3.05) is 25.4 Å². The average Bonchev–Trinajstić information content (AvgIpc) is 2.32. The lowest BCUT2D eigenvalue weighted by molar-refractivity contribution is -0.132. The van der Waals surface area contributed by atoms with E-state index < -0.39 is 0 Å². The summed E-state index contributed by atoms with van der Waals surface area (Å²) < 4.78 is 6.13. The zero-order chi connectivity index (χ0) is 12.8. The van der Waals surface area contributed by atoms with Crippen molar-refractivity contribution in [3.05, 3.63) is 22.7 Å². The van der Waals surface area contributed by atoms with Crippen molar-refractivity contribution < 1.29 is 9.53 Å².